The third-order valence-electron chi connectivity index (χ3n) is 16.2. The molecule has 246 valence electrons. The van der Waals surface area contributed by atoms with E-state index in [1.165, 1.54) is 136 Å². The van der Waals surface area contributed by atoms with Gasteiger partial charge in [0.1, 0.15) is 0 Å². The van der Waals surface area contributed by atoms with Crippen LogP contribution < -0.4 is 0 Å². The van der Waals surface area contributed by atoms with Crippen LogP contribution in [0.3, 0.4) is 0 Å². The maximum absolute atomic E-state index is 5.55. The van der Waals surface area contributed by atoms with E-state index in [1.807, 2.05) is 0 Å². The summed E-state index contributed by atoms with van der Waals surface area (Å²) >= 11 is 0. The van der Waals surface area contributed by atoms with Crippen LogP contribution in [-0.4, -0.2) is 14.4 Å². The Morgan fingerprint density at radius 2 is 1.14 bits per heavy atom. The SMILES string of the molecule is CC1(C)c2cc3c4c5c(ncc4n4c6cnc7c(c6c(c2-c2cccc6cccc1c26)c34)C1CC2CC(CC7C2)C1)C1CC2CC(C1)CC5C2. The summed E-state index contributed by atoms with van der Waals surface area (Å²) in [5.41, 5.74) is 16.2. The zero-order valence-corrected chi connectivity index (χ0v) is 29.2. The highest BCUT2D eigenvalue weighted by Gasteiger charge is 2.47. The molecule has 0 aliphatic heterocycles. The van der Waals surface area contributed by atoms with Gasteiger partial charge in [0.2, 0.25) is 0 Å². The minimum absolute atomic E-state index is 0.117. The first-order valence-corrected chi connectivity index (χ1v) is 20.1. The largest absolute Gasteiger partial charge is 0.305 e. The fourth-order valence-corrected chi connectivity index (χ4v) is 14.7. The molecule has 4 heterocycles. The van der Waals surface area contributed by atoms with Crippen LogP contribution in [0.5, 0.6) is 0 Å². The molecular formula is C47H43N3. The lowest BCUT2D eigenvalue weighted by Crippen LogP contribution is -2.25. The van der Waals surface area contributed by atoms with Gasteiger partial charge in [-0.3, -0.25) is 9.97 Å². The van der Waals surface area contributed by atoms with Crippen LogP contribution in [0.2, 0.25) is 0 Å². The Hall–Kier alpha value is -3.98. The zero-order chi connectivity index (χ0) is 32.4. The summed E-state index contributed by atoms with van der Waals surface area (Å²) < 4.78 is 2.69. The van der Waals surface area contributed by atoms with Gasteiger partial charge in [0.15, 0.2) is 0 Å². The van der Waals surface area contributed by atoms with E-state index in [1.54, 1.807) is 21.9 Å². The van der Waals surface area contributed by atoms with Gasteiger partial charge in [-0.2, -0.15) is 0 Å². The maximum Gasteiger partial charge on any atom is 0.0728 e. The predicted molar refractivity (Wildman–Crippen MR) is 203 cm³/mol. The van der Waals surface area contributed by atoms with Crippen molar-refractivity contribution in [1.82, 2.24) is 14.4 Å². The van der Waals surface area contributed by atoms with Gasteiger partial charge < -0.3 is 4.40 Å². The highest BCUT2D eigenvalue weighted by molar-refractivity contribution is 6.30. The van der Waals surface area contributed by atoms with Crippen molar-refractivity contribution >= 4 is 48.9 Å². The Morgan fingerprint density at radius 3 is 1.78 bits per heavy atom. The van der Waals surface area contributed by atoms with E-state index in [-0.39, 0.29) is 5.41 Å². The Bertz CT molecular complexity index is 2680. The Morgan fingerprint density at radius 1 is 0.580 bits per heavy atom. The molecule has 0 spiro atoms. The van der Waals surface area contributed by atoms with Gasteiger partial charge in [-0.1, -0.05) is 50.2 Å². The average molecular weight is 650 g/mol. The maximum atomic E-state index is 5.55. The fourth-order valence-electron chi connectivity index (χ4n) is 14.7. The van der Waals surface area contributed by atoms with Gasteiger partial charge in [0, 0.05) is 50.2 Å². The van der Waals surface area contributed by atoms with E-state index in [2.05, 4.69) is 73.1 Å². The molecule has 0 N–H and O–H groups in total. The minimum Gasteiger partial charge on any atom is -0.305 e. The molecule has 7 aromatic rings. The zero-order valence-electron chi connectivity index (χ0n) is 29.2. The molecule has 3 aromatic carbocycles. The van der Waals surface area contributed by atoms with Crippen molar-refractivity contribution in [2.75, 3.05) is 0 Å². The van der Waals surface area contributed by atoms with Gasteiger partial charge in [-0.15, -0.1) is 0 Å². The Labute approximate surface area is 292 Å². The summed E-state index contributed by atoms with van der Waals surface area (Å²) in [6, 6.07) is 16.8. The highest BCUT2D eigenvalue weighted by Crippen LogP contribution is 2.62. The third-order valence-corrected chi connectivity index (χ3v) is 16.2. The number of nitrogens with zero attached hydrogens (tertiary/aromatic N) is 3. The van der Waals surface area contributed by atoms with Gasteiger partial charge in [-0.25, -0.2) is 0 Å². The smallest absolute Gasteiger partial charge is 0.0728 e. The highest BCUT2D eigenvalue weighted by atomic mass is 14.9. The molecule has 0 amide bonds. The molecule has 16 rings (SSSR count). The van der Waals surface area contributed by atoms with Crippen molar-refractivity contribution in [1.29, 1.82) is 0 Å². The molecule has 4 aromatic heterocycles. The lowest BCUT2D eigenvalue weighted by molar-refractivity contribution is 0.165. The van der Waals surface area contributed by atoms with E-state index in [0.717, 1.165) is 23.7 Å². The molecule has 4 unspecified atom stereocenters. The number of hydrogen-bond donors (Lipinski definition) is 0. The summed E-state index contributed by atoms with van der Waals surface area (Å²) in [5.74, 6) is 6.05. The molecule has 0 radical (unpaired) electrons. The molecule has 8 bridgehead atoms. The number of benzene rings is 3. The normalized spacial score (nSPS) is 32.4. The first kappa shape index (κ1) is 26.8. The Balaban J connectivity index is 1.22. The summed E-state index contributed by atoms with van der Waals surface area (Å²) in [6.07, 6.45) is 18.4. The standard InChI is InChI=1S/C47H43N3/c1-47(2)33-8-4-6-26-5-3-7-31(37(26)33)40-34(47)19-32-41-35(20-48-44-29-15-22-9-23(16-29)12-27(11-22)38(41)44)50-36-21-49-45-30-17-24-10-25(18-30)14-28(13-24)39(45)42(36)43(40)46(32)50/h3-8,19-25,27-30H,9-18H2,1-2H3. The molecule has 9 aliphatic carbocycles. The molecular weight excluding hydrogens is 607 g/mol. The van der Waals surface area contributed by atoms with Crippen LogP contribution in [0.1, 0.15) is 135 Å². The van der Waals surface area contributed by atoms with E-state index >= 15 is 0 Å². The summed E-state index contributed by atoms with van der Waals surface area (Å²) in [5, 5.41) is 8.96. The van der Waals surface area contributed by atoms with Crippen molar-refractivity contribution < 1.29 is 0 Å². The van der Waals surface area contributed by atoms with Crippen LogP contribution in [-0.2, 0) is 5.41 Å². The lowest BCUT2D eigenvalue weighted by atomic mass is 9.66. The molecule has 3 heteroatoms. The van der Waals surface area contributed by atoms with Crippen LogP contribution in [0.4, 0.5) is 0 Å². The van der Waals surface area contributed by atoms with E-state index in [4.69, 9.17) is 9.97 Å². The first-order chi connectivity index (χ1) is 24.5. The lowest BCUT2D eigenvalue weighted by Gasteiger charge is -2.38. The third kappa shape index (κ3) is 2.96. The Kier molecular flexibility index (Phi) is 4.58. The van der Waals surface area contributed by atoms with Gasteiger partial charge in [-0.05, 0) is 150 Å². The van der Waals surface area contributed by atoms with Gasteiger partial charge >= 0.3 is 0 Å². The van der Waals surface area contributed by atoms with Gasteiger partial charge in [0.05, 0.1) is 28.9 Å². The molecule has 3 nitrogen and oxygen atoms in total. The number of rotatable bonds is 0. The molecule has 9 aliphatic rings. The van der Waals surface area contributed by atoms with Gasteiger partial charge in [0.25, 0.3) is 0 Å². The molecule has 4 fully saturated rings. The van der Waals surface area contributed by atoms with Crippen molar-refractivity contribution in [3.05, 3.63) is 88.5 Å². The number of pyridine rings is 2. The average Bonchev–Trinajstić information content (AvgIpc) is 3.50. The van der Waals surface area contributed by atoms with E-state index in [0.29, 0.717) is 23.7 Å². The molecule has 0 saturated heterocycles. The second kappa shape index (κ2) is 8.55. The quantitative estimate of drug-likeness (QED) is 0.164. The van der Waals surface area contributed by atoms with Crippen molar-refractivity contribution in [2.45, 2.75) is 107 Å². The summed E-state index contributed by atoms with van der Waals surface area (Å²) in [4.78, 5) is 11.1. The first-order valence-electron chi connectivity index (χ1n) is 20.1. The fraction of sp³-hybridized carbons (Fsp3) is 0.447. The van der Waals surface area contributed by atoms with Crippen LogP contribution in [0.15, 0.2) is 54.9 Å². The van der Waals surface area contributed by atoms with Crippen molar-refractivity contribution in [3.8, 4) is 11.1 Å². The molecule has 50 heavy (non-hydrogen) atoms. The summed E-state index contributed by atoms with van der Waals surface area (Å²) in [6.45, 7) is 5.03. The monoisotopic (exact) mass is 649 g/mol. The number of fused-ring (bicyclic) bond motifs is 9. The van der Waals surface area contributed by atoms with E-state index < -0.39 is 0 Å². The minimum atomic E-state index is -0.117. The van der Waals surface area contributed by atoms with Crippen LogP contribution in [0, 0.1) is 23.7 Å². The number of hydrogen-bond acceptors (Lipinski definition) is 2. The van der Waals surface area contributed by atoms with Crippen LogP contribution in [0.25, 0.3) is 60.0 Å². The molecule has 4 atom stereocenters. The van der Waals surface area contributed by atoms with Crippen molar-refractivity contribution in [2.24, 2.45) is 23.7 Å². The van der Waals surface area contributed by atoms with Crippen molar-refractivity contribution in [3.63, 3.8) is 0 Å². The second-order valence-electron chi connectivity index (χ2n) is 19.0. The molecule has 4 saturated carbocycles. The van der Waals surface area contributed by atoms with E-state index in [9.17, 15) is 0 Å². The van der Waals surface area contributed by atoms with Crippen LogP contribution >= 0.6 is 0 Å². The topological polar surface area (TPSA) is 30.2 Å². The summed E-state index contributed by atoms with van der Waals surface area (Å²) in [7, 11) is 0. The second-order valence-corrected chi connectivity index (χ2v) is 19.0. The predicted octanol–water partition coefficient (Wildman–Crippen LogP) is 11.9. The number of aromatic nitrogens is 3.